The van der Waals surface area contributed by atoms with E-state index in [2.05, 4.69) is 16.4 Å². The monoisotopic (exact) mass is 253 g/mol. The standard InChI is InChI=1S/C15H15N3O/c1-11-5-6-14(8-16)15(18-11)17-9-12-3-2-4-13(7-12)10-19/h2-7,19H,9-10H2,1H3,(H,17,18). The highest BCUT2D eigenvalue weighted by atomic mass is 16.3. The van der Waals surface area contributed by atoms with Crippen LogP contribution in [0.15, 0.2) is 36.4 Å². The second kappa shape index (κ2) is 5.98. The van der Waals surface area contributed by atoms with Crippen molar-refractivity contribution in [2.45, 2.75) is 20.1 Å². The maximum absolute atomic E-state index is 9.09. The molecule has 19 heavy (non-hydrogen) atoms. The van der Waals surface area contributed by atoms with Crippen LogP contribution in [0.25, 0.3) is 0 Å². The summed E-state index contributed by atoms with van der Waals surface area (Å²) in [6, 6.07) is 13.4. The Morgan fingerprint density at radius 3 is 2.79 bits per heavy atom. The van der Waals surface area contributed by atoms with Crippen LogP contribution in [0.2, 0.25) is 0 Å². The van der Waals surface area contributed by atoms with E-state index in [1.165, 1.54) is 0 Å². The lowest BCUT2D eigenvalue weighted by atomic mass is 10.1. The fourth-order valence-corrected chi connectivity index (χ4v) is 1.81. The number of nitrogens with one attached hydrogen (secondary N) is 1. The maximum atomic E-state index is 9.09. The van der Waals surface area contributed by atoms with Crippen molar-refractivity contribution in [1.29, 1.82) is 5.26 Å². The second-order valence-corrected chi connectivity index (χ2v) is 4.29. The van der Waals surface area contributed by atoms with Crippen molar-refractivity contribution in [1.82, 2.24) is 4.98 Å². The molecular weight excluding hydrogens is 238 g/mol. The van der Waals surface area contributed by atoms with Crippen LogP contribution in [0, 0.1) is 18.3 Å². The molecule has 1 aromatic carbocycles. The van der Waals surface area contributed by atoms with Crippen molar-refractivity contribution in [3.05, 3.63) is 58.8 Å². The maximum Gasteiger partial charge on any atom is 0.144 e. The average molecular weight is 253 g/mol. The molecule has 0 aliphatic heterocycles. The lowest BCUT2D eigenvalue weighted by Gasteiger charge is -2.09. The van der Waals surface area contributed by atoms with Gasteiger partial charge in [-0.3, -0.25) is 0 Å². The van der Waals surface area contributed by atoms with E-state index in [-0.39, 0.29) is 6.61 Å². The number of anilines is 1. The van der Waals surface area contributed by atoms with Crippen molar-refractivity contribution in [3.8, 4) is 6.07 Å². The Morgan fingerprint density at radius 2 is 2.05 bits per heavy atom. The van der Waals surface area contributed by atoms with Gasteiger partial charge < -0.3 is 10.4 Å². The third-order valence-corrected chi connectivity index (χ3v) is 2.79. The number of aliphatic hydroxyl groups excluding tert-OH is 1. The number of rotatable bonds is 4. The number of nitriles is 1. The smallest absolute Gasteiger partial charge is 0.144 e. The molecule has 0 unspecified atom stereocenters. The largest absolute Gasteiger partial charge is 0.392 e. The second-order valence-electron chi connectivity index (χ2n) is 4.29. The average Bonchev–Trinajstić information content (AvgIpc) is 2.45. The summed E-state index contributed by atoms with van der Waals surface area (Å²) in [5.74, 6) is 0.594. The summed E-state index contributed by atoms with van der Waals surface area (Å²) in [7, 11) is 0. The van der Waals surface area contributed by atoms with Crippen LogP contribution in [0.4, 0.5) is 5.82 Å². The molecule has 0 radical (unpaired) electrons. The minimum absolute atomic E-state index is 0.0278. The minimum atomic E-state index is 0.0278. The number of hydrogen-bond acceptors (Lipinski definition) is 4. The molecule has 2 aromatic rings. The lowest BCUT2D eigenvalue weighted by molar-refractivity contribution is 0.281. The van der Waals surface area contributed by atoms with E-state index in [1.807, 2.05) is 37.3 Å². The van der Waals surface area contributed by atoms with Crippen molar-refractivity contribution in [3.63, 3.8) is 0 Å². The Morgan fingerprint density at radius 1 is 1.26 bits per heavy atom. The number of hydrogen-bond donors (Lipinski definition) is 2. The number of pyridine rings is 1. The Balaban J connectivity index is 2.14. The molecule has 4 nitrogen and oxygen atoms in total. The van der Waals surface area contributed by atoms with Crippen LogP contribution in [0.5, 0.6) is 0 Å². The van der Waals surface area contributed by atoms with Gasteiger partial charge in [0.1, 0.15) is 11.9 Å². The van der Waals surface area contributed by atoms with Crippen molar-refractivity contribution < 1.29 is 5.11 Å². The molecule has 0 saturated heterocycles. The molecule has 0 amide bonds. The summed E-state index contributed by atoms with van der Waals surface area (Å²) in [4.78, 5) is 4.32. The van der Waals surface area contributed by atoms with E-state index < -0.39 is 0 Å². The molecule has 0 aliphatic carbocycles. The van der Waals surface area contributed by atoms with Gasteiger partial charge in [-0.25, -0.2) is 4.98 Å². The molecule has 0 spiro atoms. The SMILES string of the molecule is Cc1ccc(C#N)c(NCc2cccc(CO)c2)n1. The highest BCUT2D eigenvalue weighted by Crippen LogP contribution is 2.14. The number of aryl methyl sites for hydroxylation is 1. The van der Waals surface area contributed by atoms with Gasteiger partial charge in [-0.05, 0) is 30.2 Å². The molecule has 0 aliphatic rings. The van der Waals surface area contributed by atoms with Crippen LogP contribution in [-0.4, -0.2) is 10.1 Å². The Bertz CT molecular complexity index is 617. The van der Waals surface area contributed by atoms with Crippen LogP contribution >= 0.6 is 0 Å². The number of nitrogens with zero attached hydrogens (tertiary/aromatic N) is 2. The van der Waals surface area contributed by atoms with Gasteiger partial charge in [-0.2, -0.15) is 5.26 Å². The fraction of sp³-hybridized carbons (Fsp3) is 0.200. The quantitative estimate of drug-likeness (QED) is 0.877. The van der Waals surface area contributed by atoms with E-state index in [9.17, 15) is 0 Å². The molecular formula is C15H15N3O. The highest BCUT2D eigenvalue weighted by molar-refractivity contribution is 5.52. The molecule has 2 N–H and O–H groups in total. The molecule has 0 saturated carbocycles. The van der Waals surface area contributed by atoms with Crippen LogP contribution < -0.4 is 5.32 Å². The Kier molecular flexibility index (Phi) is 4.11. The molecule has 0 bridgehead atoms. The van der Waals surface area contributed by atoms with Crippen molar-refractivity contribution in [2.24, 2.45) is 0 Å². The van der Waals surface area contributed by atoms with Gasteiger partial charge in [0, 0.05) is 12.2 Å². The first-order valence-electron chi connectivity index (χ1n) is 6.03. The number of benzene rings is 1. The summed E-state index contributed by atoms with van der Waals surface area (Å²) >= 11 is 0. The summed E-state index contributed by atoms with van der Waals surface area (Å²) in [5, 5.41) is 21.3. The third kappa shape index (κ3) is 3.30. The number of aromatic nitrogens is 1. The summed E-state index contributed by atoms with van der Waals surface area (Å²) in [6.07, 6.45) is 0. The first kappa shape index (κ1) is 13.1. The summed E-state index contributed by atoms with van der Waals surface area (Å²) < 4.78 is 0. The summed E-state index contributed by atoms with van der Waals surface area (Å²) in [6.45, 7) is 2.48. The topological polar surface area (TPSA) is 68.9 Å². The van der Waals surface area contributed by atoms with Gasteiger partial charge in [-0.1, -0.05) is 24.3 Å². The first-order valence-corrected chi connectivity index (χ1v) is 6.03. The predicted octanol–water partition coefficient (Wildman–Crippen LogP) is 2.37. The van der Waals surface area contributed by atoms with Crippen LogP contribution in [0.3, 0.4) is 0 Å². The normalized spacial score (nSPS) is 9.95. The van der Waals surface area contributed by atoms with Crippen LogP contribution in [0.1, 0.15) is 22.4 Å². The van der Waals surface area contributed by atoms with E-state index in [0.717, 1.165) is 16.8 Å². The van der Waals surface area contributed by atoms with Gasteiger partial charge in [0.25, 0.3) is 0 Å². The molecule has 1 aromatic heterocycles. The van der Waals surface area contributed by atoms with Gasteiger partial charge in [-0.15, -0.1) is 0 Å². The van der Waals surface area contributed by atoms with Gasteiger partial charge in [0.15, 0.2) is 0 Å². The molecule has 2 rings (SSSR count). The molecule has 96 valence electrons. The molecule has 0 fully saturated rings. The van der Waals surface area contributed by atoms with E-state index in [4.69, 9.17) is 10.4 Å². The first-order chi connectivity index (χ1) is 9.22. The van der Waals surface area contributed by atoms with Gasteiger partial charge >= 0.3 is 0 Å². The van der Waals surface area contributed by atoms with E-state index in [1.54, 1.807) is 6.07 Å². The lowest BCUT2D eigenvalue weighted by Crippen LogP contribution is -2.04. The highest BCUT2D eigenvalue weighted by Gasteiger charge is 2.04. The van der Waals surface area contributed by atoms with Gasteiger partial charge in [0.2, 0.25) is 0 Å². The molecule has 1 heterocycles. The van der Waals surface area contributed by atoms with Gasteiger partial charge in [0.05, 0.1) is 12.2 Å². The van der Waals surface area contributed by atoms with Crippen LogP contribution in [-0.2, 0) is 13.2 Å². The zero-order valence-corrected chi connectivity index (χ0v) is 10.7. The summed E-state index contributed by atoms with van der Waals surface area (Å²) in [5.41, 5.74) is 3.31. The van der Waals surface area contributed by atoms with Crippen molar-refractivity contribution in [2.75, 3.05) is 5.32 Å². The predicted molar refractivity (Wildman–Crippen MR) is 73.4 cm³/mol. The molecule has 4 heteroatoms. The van der Waals surface area contributed by atoms with E-state index >= 15 is 0 Å². The number of aliphatic hydroxyl groups is 1. The van der Waals surface area contributed by atoms with E-state index in [0.29, 0.717) is 17.9 Å². The fourth-order valence-electron chi connectivity index (χ4n) is 1.81. The third-order valence-electron chi connectivity index (χ3n) is 2.79. The van der Waals surface area contributed by atoms with Crippen molar-refractivity contribution >= 4 is 5.82 Å². The zero-order valence-electron chi connectivity index (χ0n) is 10.7. The zero-order chi connectivity index (χ0) is 13.7. The Hall–Kier alpha value is -2.38. The Labute approximate surface area is 112 Å². The molecule has 0 atom stereocenters. The minimum Gasteiger partial charge on any atom is -0.392 e.